The van der Waals surface area contributed by atoms with Gasteiger partial charge >= 0.3 is 5.97 Å². The molecule has 0 saturated heterocycles. The number of carbonyl (C=O) groups is 3. The summed E-state index contributed by atoms with van der Waals surface area (Å²) in [5.74, 6) is -2.15. The van der Waals surface area contributed by atoms with Crippen molar-refractivity contribution >= 4 is 29.2 Å². The van der Waals surface area contributed by atoms with Crippen LogP contribution in [0.15, 0.2) is 18.2 Å². The van der Waals surface area contributed by atoms with E-state index in [0.717, 1.165) is 31.2 Å². The highest BCUT2D eigenvalue weighted by atomic mass is 16.4. The van der Waals surface area contributed by atoms with E-state index >= 15 is 0 Å². The third kappa shape index (κ3) is 4.00. The van der Waals surface area contributed by atoms with Crippen molar-refractivity contribution in [1.82, 2.24) is 0 Å². The lowest BCUT2D eigenvalue weighted by Crippen LogP contribution is -2.36. The van der Waals surface area contributed by atoms with Crippen LogP contribution in [-0.2, 0) is 14.4 Å². The number of carboxylic acid groups (broad SMARTS) is 1. The van der Waals surface area contributed by atoms with Gasteiger partial charge in [-0.1, -0.05) is 18.9 Å². The van der Waals surface area contributed by atoms with Gasteiger partial charge in [-0.3, -0.25) is 14.4 Å². The average Bonchev–Trinajstić information content (AvgIpc) is 3.43. The molecule has 0 aliphatic heterocycles. The minimum absolute atomic E-state index is 0.0183. The minimum Gasteiger partial charge on any atom is -0.481 e. The maximum absolute atomic E-state index is 12.6. The maximum Gasteiger partial charge on any atom is 0.307 e. The van der Waals surface area contributed by atoms with Crippen LogP contribution in [0, 0.1) is 24.7 Å². The molecule has 2 saturated carbocycles. The van der Waals surface area contributed by atoms with Gasteiger partial charge < -0.3 is 15.7 Å². The second-order valence-corrected chi connectivity index (χ2v) is 7.07. The molecule has 25 heavy (non-hydrogen) atoms. The van der Waals surface area contributed by atoms with E-state index in [-0.39, 0.29) is 17.7 Å². The molecule has 2 aliphatic rings. The number of hydrogen-bond acceptors (Lipinski definition) is 3. The number of hydrogen-bond donors (Lipinski definition) is 3. The number of carboxylic acids is 1. The zero-order valence-corrected chi connectivity index (χ0v) is 14.4. The first kappa shape index (κ1) is 17.5. The summed E-state index contributed by atoms with van der Waals surface area (Å²) < 4.78 is 0. The molecule has 0 unspecified atom stereocenters. The molecule has 0 bridgehead atoms. The van der Waals surface area contributed by atoms with Gasteiger partial charge in [0.05, 0.1) is 11.8 Å². The summed E-state index contributed by atoms with van der Waals surface area (Å²) in [4.78, 5) is 36.0. The molecule has 3 rings (SSSR count). The van der Waals surface area contributed by atoms with Gasteiger partial charge in [0, 0.05) is 17.3 Å². The standard InChI is InChI=1S/C19H24N2O4/c1-11-15(20-17(22)12-9-10-12)7-4-8-16(11)21-18(23)13-5-2-3-6-14(13)19(24)25/h4,7-8,12-14H,2-3,5-6,9-10H2,1H3,(H,20,22)(H,21,23)(H,24,25)/t13-,14+/m1/s1. The van der Waals surface area contributed by atoms with Gasteiger partial charge in [-0.2, -0.15) is 0 Å². The minimum atomic E-state index is -0.901. The zero-order valence-electron chi connectivity index (χ0n) is 14.4. The fourth-order valence-corrected chi connectivity index (χ4v) is 3.45. The van der Waals surface area contributed by atoms with Gasteiger partial charge in [0.2, 0.25) is 11.8 Å². The van der Waals surface area contributed by atoms with E-state index in [0.29, 0.717) is 24.2 Å². The lowest BCUT2D eigenvalue weighted by atomic mass is 9.78. The van der Waals surface area contributed by atoms with Crippen LogP contribution < -0.4 is 10.6 Å². The molecule has 0 heterocycles. The molecule has 134 valence electrons. The first-order valence-corrected chi connectivity index (χ1v) is 8.91. The van der Waals surface area contributed by atoms with E-state index in [1.54, 1.807) is 12.1 Å². The first-order valence-electron chi connectivity index (χ1n) is 8.91. The third-order valence-corrected chi connectivity index (χ3v) is 5.22. The van der Waals surface area contributed by atoms with Crippen LogP contribution in [-0.4, -0.2) is 22.9 Å². The predicted octanol–water partition coefficient (Wildman–Crippen LogP) is 3.17. The quantitative estimate of drug-likeness (QED) is 0.764. The van der Waals surface area contributed by atoms with Gasteiger partial charge in [-0.05, 0) is 50.3 Å². The number of aliphatic carboxylic acids is 1. The first-order chi connectivity index (χ1) is 12.0. The van der Waals surface area contributed by atoms with Crippen molar-refractivity contribution in [1.29, 1.82) is 0 Å². The Hall–Kier alpha value is -2.37. The average molecular weight is 344 g/mol. The maximum atomic E-state index is 12.6. The third-order valence-electron chi connectivity index (χ3n) is 5.22. The van der Waals surface area contributed by atoms with Gasteiger partial charge in [-0.15, -0.1) is 0 Å². The number of amides is 2. The molecule has 2 aliphatic carbocycles. The van der Waals surface area contributed by atoms with Gasteiger partial charge in [-0.25, -0.2) is 0 Å². The van der Waals surface area contributed by atoms with Crippen LogP contribution in [0.5, 0.6) is 0 Å². The molecule has 2 fully saturated rings. The molecule has 1 aromatic rings. The number of anilines is 2. The Labute approximate surface area is 147 Å². The molecule has 6 heteroatoms. The lowest BCUT2D eigenvalue weighted by molar-refractivity contribution is -0.147. The van der Waals surface area contributed by atoms with E-state index in [1.165, 1.54) is 0 Å². The normalized spacial score (nSPS) is 22.9. The van der Waals surface area contributed by atoms with Crippen LogP contribution in [0.25, 0.3) is 0 Å². The van der Waals surface area contributed by atoms with Crippen molar-refractivity contribution in [2.45, 2.75) is 45.4 Å². The Morgan fingerprint density at radius 1 is 0.920 bits per heavy atom. The molecule has 3 N–H and O–H groups in total. The summed E-state index contributed by atoms with van der Waals surface area (Å²) in [5.41, 5.74) is 2.09. The van der Waals surface area contributed by atoms with Gasteiger partial charge in [0.1, 0.15) is 0 Å². The molecule has 6 nitrogen and oxygen atoms in total. The second kappa shape index (κ2) is 7.25. The van der Waals surface area contributed by atoms with E-state index in [1.807, 2.05) is 13.0 Å². The molecule has 2 amide bonds. The Bertz CT molecular complexity index is 697. The summed E-state index contributed by atoms with van der Waals surface area (Å²) in [5, 5.41) is 15.1. The Morgan fingerprint density at radius 2 is 1.48 bits per heavy atom. The fourth-order valence-electron chi connectivity index (χ4n) is 3.45. The predicted molar refractivity (Wildman–Crippen MR) is 94.2 cm³/mol. The summed E-state index contributed by atoms with van der Waals surface area (Å²) in [7, 11) is 0. The molecule has 0 spiro atoms. The van der Waals surface area contributed by atoms with Gasteiger partial charge in [0.25, 0.3) is 0 Å². The Morgan fingerprint density at radius 3 is 2.04 bits per heavy atom. The molecule has 0 aromatic heterocycles. The van der Waals surface area contributed by atoms with Gasteiger partial charge in [0.15, 0.2) is 0 Å². The highest BCUT2D eigenvalue weighted by Crippen LogP contribution is 2.33. The van der Waals surface area contributed by atoms with E-state index < -0.39 is 17.8 Å². The summed E-state index contributed by atoms with van der Waals surface area (Å²) in [6, 6.07) is 5.37. The lowest BCUT2D eigenvalue weighted by Gasteiger charge is -2.27. The molecular formula is C19H24N2O4. The number of benzene rings is 1. The molecular weight excluding hydrogens is 320 g/mol. The van der Waals surface area contributed by atoms with Crippen LogP contribution in [0.4, 0.5) is 11.4 Å². The molecule has 2 atom stereocenters. The Kier molecular flexibility index (Phi) is 5.06. The fraction of sp³-hybridized carbons (Fsp3) is 0.526. The number of nitrogens with one attached hydrogen (secondary N) is 2. The largest absolute Gasteiger partial charge is 0.481 e. The highest BCUT2D eigenvalue weighted by molar-refractivity contribution is 5.99. The summed E-state index contributed by atoms with van der Waals surface area (Å²) in [6.45, 7) is 1.84. The molecule has 1 aromatic carbocycles. The topological polar surface area (TPSA) is 95.5 Å². The summed E-state index contributed by atoms with van der Waals surface area (Å²) >= 11 is 0. The second-order valence-electron chi connectivity index (χ2n) is 7.07. The summed E-state index contributed by atoms with van der Waals surface area (Å²) in [6.07, 6.45) is 4.73. The van der Waals surface area contributed by atoms with E-state index in [4.69, 9.17) is 0 Å². The number of carbonyl (C=O) groups excluding carboxylic acids is 2. The smallest absolute Gasteiger partial charge is 0.307 e. The monoisotopic (exact) mass is 344 g/mol. The molecule has 0 radical (unpaired) electrons. The Balaban J connectivity index is 1.72. The van der Waals surface area contributed by atoms with Crippen molar-refractivity contribution in [3.05, 3.63) is 23.8 Å². The van der Waals surface area contributed by atoms with Crippen molar-refractivity contribution in [2.24, 2.45) is 17.8 Å². The van der Waals surface area contributed by atoms with Crippen molar-refractivity contribution in [2.75, 3.05) is 10.6 Å². The van der Waals surface area contributed by atoms with E-state index in [2.05, 4.69) is 10.6 Å². The van der Waals surface area contributed by atoms with Crippen LogP contribution >= 0.6 is 0 Å². The van der Waals surface area contributed by atoms with Crippen molar-refractivity contribution in [3.63, 3.8) is 0 Å². The van der Waals surface area contributed by atoms with Crippen molar-refractivity contribution in [3.8, 4) is 0 Å². The van der Waals surface area contributed by atoms with Crippen LogP contribution in [0.3, 0.4) is 0 Å². The van der Waals surface area contributed by atoms with Crippen LogP contribution in [0.1, 0.15) is 44.1 Å². The SMILES string of the molecule is Cc1c(NC(=O)C2CC2)cccc1NC(=O)[C@@H]1CCCC[C@@H]1C(=O)O. The van der Waals surface area contributed by atoms with E-state index in [9.17, 15) is 19.5 Å². The highest BCUT2D eigenvalue weighted by Gasteiger charge is 2.36. The number of rotatable bonds is 5. The van der Waals surface area contributed by atoms with Crippen molar-refractivity contribution < 1.29 is 19.5 Å². The van der Waals surface area contributed by atoms with Crippen LogP contribution in [0.2, 0.25) is 0 Å². The zero-order chi connectivity index (χ0) is 18.0.